The highest BCUT2D eigenvalue weighted by Crippen LogP contribution is 2.26. The van der Waals surface area contributed by atoms with E-state index in [0.717, 1.165) is 25.9 Å². The van der Waals surface area contributed by atoms with Gasteiger partial charge in [-0.1, -0.05) is 43.9 Å². The van der Waals surface area contributed by atoms with Crippen molar-refractivity contribution >= 4 is 0 Å². The maximum Gasteiger partial charge on any atom is 0.0771 e. The summed E-state index contributed by atoms with van der Waals surface area (Å²) in [6.07, 6.45) is 6.79. The minimum atomic E-state index is -0.476. The Hall–Kier alpha value is -0.860. The van der Waals surface area contributed by atoms with Gasteiger partial charge in [0.25, 0.3) is 0 Å². The molecule has 0 radical (unpaired) electrons. The molecule has 0 amide bonds. The fourth-order valence-electron chi connectivity index (χ4n) is 2.92. The fourth-order valence-corrected chi connectivity index (χ4v) is 2.92. The molecule has 2 N–H and O–H groups in total. The molecule has 0 heterocycles. The summed E-state index contributed by atoms with van der Waals surface area (Å²) < 4.78 is 0. The molecule has 0 atom stereocenters. The van der Waals surface area contributed by atoms with Crippen LogP contribution in [0.5, 0.6) is 0 Å². The molecule has 2 rings (SSSR count). The Labute approximate surface area is 117 Å². The summed E-state index contributed by atoms with van der Waals surface area (Å²) >= 11 is 0. The van der Waals surface area contributed by atoms with Gasteiger partial charge in [-0.05, 0) is 43.4 Å². The predicted molar refractivity (Wildman–Crippen MR) is 80.3 cm³/mol. The first-order chi connectivity index (χ1) is 9.09. The molecule has 0 unspecified atom stereocenters. The van der Waals surface area contributed by atoms with Crippen LogP contribution in [0.15, 0.2) is 18.2 Å². The maximum atomic E-state index is 10.6. The van der Waals surface area contributed by atoms with Crippen LogP contribution in [0.2, 0.25) is 0 Å². The highest BCUT2D eigenvalue weighted by Gasteiger charge is 2.27. The minimum absolute atomic E-state index is 0.476. The van der Waals surface area contributed by atoms with Gasteiger partial charge in [-0.15, -0.1) is 0 Å². The quantitative estimate of drug-likeness (QED) is 0.813. The lowest BCUT2D eigenvalue weighted by atomic mass is 9.94. The molecule has 106 valence electrons. The van der Waals surface area contributed by atoms with Crippen molar-refractivity contribution in [2.24, 2.45) is 0 Å². The smallest absolute Gasteiger partial charge is 0.0771 e. The van der Waals surface area contributed by atoms with Gasteiger partial charge in [0.15, 0.2) is 0 Å². The standard InChI is InChI=1S/C17H27NO/c1-14-7-8-16(11-15(14)2)12-18-13-17(19)9-5-3-4-6-10-17/h7-8,11,18-19H,3-6,9-10,12-13H2,1-2H3. The Morgan fingerprint density at radius 2 is 1.74 bits per heavy atom. The highest BCUT2D eigenvalue weighted by molar-refractivity contribution is 5.29. The second-order valence-electron chi connectivity index (χ2n) is 6.16. The topological polar surface area (TPSA) is 32.3 Å². The largest absolute Gasteiger partial charge is 0.389 e. The molecule has 2 heteroatoms. The van der Waals surface area contributed by atoms with Gasteiger partial charge in [0.2, 0.25) is 0 Å². The number of nitrogens with one attached hydrogen (secondary N) is 1. The zero-order valence-corrected chi connectivity index (χ0v) is 12.3. The zero-order chi connectivity index (χ0) is 13.7. The number of benzene rings is 1. The lowest BCUT2D eigenvalue weighted by Crippen LogP contribution is -2.39. The molecule has 19 heavy (non-hydrogen) atoms. The lowest BCUT2D eigenvalue weighted by molar-refractivity contribution is 0.0250. The van der Waals surface area contributed by atoms with Crippen LogP contribution in [0.4, 0.5) is 0 Å². The van der Waals surface area contributed by atoms with Gasteiger partial charge in [-0.3, -0.25) is 0 Å². The third kappa shape index (κ3) is 4.32. The van der Waals surface area contributed by atoms with Crippen molar-refractivity contribution in [3.63, 3.8) is 0 Å². The van der Waals surface area contributed by atoms with Gasteiger partial charge in [0.1, 0.15) is 0 Å². The molecule has 1 saturated carbocycles. The Bertz CT molecular complexity index is 406. The van der Waals surface area contributed by atoms with Crippen LogP contribution < -0.4 is 5.32 Å². The van der Waals surface area contributed by atoms with E-state index < -0.39 is 5.60 Å². The molecule has 0 saturated heterocycles. The van der Waals surface area contributed by atoms with Crippen LogP contribution in [-0.4, -0.2) is 17.3 Å². The van der Waals surface area contributed by atoms with Crippen molar-refractivity contribution in [1.82, 2.24) is 5.32 Å². The molecule has 1 aliphatic carbocycles. The average molecular weight is 261 g/mol. The van der Waals surface area contributed by atoms with Crippen molar-refractivity contribution in [2.75, 3.05) is 6.54 Å². The van der Waals surface area contributed by atoms with E-state index >= 15 is 0 Å². The van der Waals surface area contributed by atoms with Gasteiger partial charge < -0.3 is 10.4 Å². The van der Waals surface area contributed by atoms with Crippen LogP contribution >= 0.6 is 0 Å². The number of rotatable bonds is 4. The summed E-state index contributed by atoms with van der Waals surface area (Å²) in [4.78, 5) is 0. The summed E-state index contributed by atoms with van der Waals surface area (Å²) in [5.41, 5.74) is 3.51. The lowest BCUT2D eigenvalue weighted by Gasteiger charge is -2.27. The normalized spacial score (nSPS) is 19.1. The van der Waals surface area contributed by atoms with Crippen molar-refractivity contribution < 1.29 is 5.11 Å². The summed E-state index contributed by atoms with van der Waals surface area (Å²) in [7, 11) is 0. The summed E-state index contributed by atoms with van der Waals surface area (Å²) in [6.45, 7) is 5.86. The monoisotopic (exact) mass is 261 g/mol. The summed E-state index contributed by atoms with van der Waals surface area (Å²) in [6, 6.07) is 6.58. The van der Waals surface area contributed by atoms with Gasteiger partial charge >= 0.3 is 0 Å². The van der Waals surface area contributed by atoms with E-state index in [1.807, 2.05) is 0 Å². The molecule has 2 nitrogen and oxygen atoms in total. The van der Waals surface area contributed by atoms with E-state index in [-0.39, 0.29) is 0 Å². The molecule has 1 aromatic carbocycles. The van der Waals surface area contributed by atoms with E-state index in [1.165, 1.54) is 42.4 Å². The van der Waals surface area contributed by atoms with Crippen molar-refractivity contribution in [2.45, 2.75) is 64.5 Å². The molecule has 0 aliphatic heterocycles. The van der Waals surface area contributed by atoms with E-state index in [1.54, 1.807) is 0 Å². The van der Waals surface area contributed by atoms with E-state index in [9.17, 15) is 5.11 Å². The molecule has 1 fully saturated rings. The second kappa shape index (κ2) is 6.53. The van der Waals surface area contributed by atoms with Crippen LogP contribution in [0.1, 0.15) is 55.2 Å². The maximum absolute atomic E-state index is 10.6. The van der Waals surface area contributed by atoms with E-state index in [4.69, 9.17) is 0 Å². The number of aliphatic hydroxyl groups is 1. The second-order valence-corrected chi connectivity index (χ2v) is 6.16. The number of aryl methyl sites for hydroxylation is 2. The first-order valence-corrected chi connectivity index (χ1v) is 7.58. The van der Waals surface area contributed by atoms with Gasteiger partial charge in [-0.25, -0.2) is 0 Å². The molecule has 1 aromatic rings. The predicted octanol–water partition coefficient (Wildman–Crippen LogP) is 3.48. The average Bonchev–Trinajstić information content (AvgIpc) is 2.59. The van der Waals surface area contributed by atoms with Crippen LogP contribution in [0, 0.1) is 13.8 Å². The Kier molecular flexibility index (Phi) is 5.00. The minimum Gasteiger partial charge on any atom is -0.389 e. The Morgan fingerprint density at radius 3 is 2.37 bits per heavy atom. The third-order valence-corrected chi connectivity index (χ3v) is 4.39. The fraction of sp³-hybridized carbons (Fsp3) is 0.647. The number of hydrogen-bond acceptors (Lipinski definition) is 2. The molecule has 0 spiro atoms. The molecule has 0 aromatic heterocycles. The summed E-state index contributed by atoms with van der Waals surface area (Å²) in [5, 5.41) is 14.0. The molecule has 1 aliphatic rings. The third-order valence-electron chi connectivity index (χ3n) is 4.39. The molecule has 0 bridgehead atoms. The van der Waals surface area contributed by atoms with Crippen LogP contribution in [0.3, 0.4) is 0 Å². The highest BCUT2D eigenvalue weighted by atomic mass is 16.3. The van der Waals surface area contributed by atoms with E-state index in [2.05, 4.69) is 37.4 Å². The molecular formula is C17H27NO. The first-order valence-electron chi connectivity index (χ1n) is 7.58. The van der Waals surface area contributed by atoms with Crippen LogP contribution in [0.25, 0.3) is 0 Å². The van der Waals surface area contributed by atoms with Crippen molar-refractivity contribution in [3.8, 4) is 0 Å². The van der Waals surface area contributed by atoms with E-state index in [0.29, 0.717) is 0 Å². The van der Waals surface area contributed by atoms with Crippen LogP contribution in [-0.2, 0) is 6.54 Å². The Morgan fingerprint density at radius 1 is 1.05 bits per heavy atom. The SMILES string of the molecule is Cc1ccc(CNCC2(O)CCCCCC2)cc1C. The zero-order valence-electron chi connectivity index (χ0n) is 12.3. The van der Waals surface area contributed by atoms with Gasteiger partial charge in [0.05, 0.1) is 5.60 Å². The molecular weight excluding hydrogens is 234 g/mol. The first kappa shape index (κ1) is 14.5. The number of hydrogen-bond donors (Lipinski definition) is 2. The summed E-state index contributed by atoms with van der Waals surface area (Å²) in [5.74, 6) is 0. The van der Waals surface area contributed by atoms with Crippen molar-refractivity contribution in [3.05, 3.63) is 34.9 Å². The van der Waals surface area contributed by atoms with Crippen molar-refractivity contribution in [1.29, 1.82) is 0 Å². The van der Waals surface area contributed by atoms with Gasteiger partial charge in [0, 0.05) is 13.1 Å². The Balaban J connectivity index is 1.83. The van der Waals surface area contributed by atoms with Gasteiger partial charge in [-0.2, -0.15) is 0 Å².